The van der Waals surface area contributed by atoms with Crippen LogP contribution in [0.5, 0.6) is 0 Å². The third-order valence-electron chi connectivity index (χ3n) is 4.45. The van der Waals surface area contributed by atoms with Gasteiger partial charge in [-0.25, -0.2) is 0 Å². The number of anilines is 2. The Hall–Kier alpha value is -2.75. The van der Waals surface area contributed by atoms with Crippen molar-refractivity contribution in [1.29, 1.82) is 0 Å². The van der Waals surface area contributed by atoms with E-state index in [-0.39, 0.29) is 11.8 Å². The molecule has 2 amide bonds. The first-order chi connectivity index (χ1) is 14.7. The Kier molecular flexibility index (Phi) is 6.73. The second kappa shape index (κ2) is 9.84. The fraction of sp³-hybridized carbons (Fsp3) is 0.238. The molecule has 0 bridgehead atoms. The molecule has 2 heterocycles. The number of thioether (sulfide) groups is 1. The molecule has 7 nitrogen and oxygen atoms in total. The van der Waals surface area contributed by atoms with Crippen molar-refractivity contribution in [1.82, 2.24) is 10.2 Å². The summed E-state index contributed by atoms with van der Waals surface area (Å²) in [4.78, 5) is 24.8. The van der Waals surface area contributed by atoms with Gasteiger partial charge < -0.3 is 10.1 Å². The number of nitrogens with zero attached hydrogens (tertiary/aromatic N) is 2. The summed E-state index contributed by atoms with van der Waals surface area (Å²) in [5.74, 6) is 0.295. The molecule has 0 radical (unpaired) electrons. The predicted molar refractivity (Wildman–Crippen MR) is 118 cm³/mol. The fourth-order valence-corrected chi connectivity index (χ4v) is 4.66. The van der Waals surface area contributed by atoms with Crippen molar-refractivity contribution in [2.24, 2.45) is 0 Å². The lowest BCUT2D eigenvalue weighted by molar-refractivity contribution is -0.124. The molecule has 1 aromatic heterocycles. The molecule has 9 heteroatoms. The van der Waals surface area contributed by atoms with Gasteiger partial charge >= 0.3 is 0 Å². The quantitative estimate of drug-likeness (QED) is 0.422. The Labute approximate surface area is 182 Å². The smallest absolute Gasteiger partial charge is 0.257 e. The van der Waals surface area contributed by atoms with Gasteiger partial charge in [0.25, 0.3) is 11.8 Å². The van der Waals surface area contributed by atoms with Gasteiger partial charge in [0.1, 0.15) is 6.10 Å². The largest absolute Gasteiger partial charge is 0.368 e. The summed E-state index contributed by atoms with van der Waals surface area (Å²) in [5, 5.41) is 14.2. The minimum absolute atomic E-state index is 0.186. The zero-order valence-electron chi connectivity index (χ0n) is 16.0. The van der Waals surface area contributed by atoms with Gasteiger partial charge in [-0.05, 0) is 36.6 Å². The summed E-state index contributed by atoms with van der Waals surface area (Å²) in [6.07, 6.45) is 1.18. The van der Waals surface area contributed by atoms with Crippen LogP contribution in [-0.4, -0.2) is 34.7 Å². The maximum Gasteiger partial charge on any atom is 0.257 e. The van der Waals surface area contributed by atoms with E-state index >= 15 is 0 Å². The van der Waals surface area contributed by atoms with Gasteiger partial charge in [0, 0.05) is 23.6 Å². The number of amides is 2. The molecule has 1 atom stereocenters. The van der Waals surface area contributed by atoms with Crippen molar-refractivity contribution in [2.45, 2.75) is 29.0 Å². The number of hydrogen-bond donors (Lipinski definition) is 2. The molecule has 4 rings (SSSR count). The van der Waals surface area contributed by atoms with Gasteiger partial charge in [0.2, 0.25) is 5.13 Å². The maximum atomic E-state index is 12.6. The minimum Gasteiger partial charge on any atom is -0.368 e. The lowest BCUT2D eigenvalue weighted by atomic mass is 10.1. The number of ether oxygens (including phenoxy) is 1. The second-order valence-electron chi connectivity index (χ2n) is 6.67. The van der Waals surface area contributed by atoms with E-state index in [1.54, 1.807) is 36.0 Å². The molecule has 1 fully saturated rings. The standard InChI is InChI=1S/C21H20N4O3S2/c26-18(15-8-4-9-16(12-15)22-19(27)17-10-5-11-28-17)23-20-24-25-21(30-20)29-13-14-6-2-1-3-7-14/h1-4,6-9,12,17H,5,10-11,13H2,(H,22,27)(H,23,24,26)/t17-/m0/s1. The normalized spacial score (nSPS) is 15.7. The topological polar surface area (TPSA) is 93.2 Å². The van der Waals surface area contributed by atoms with Crippen molar-refractivity contribution >= 4 is 45.7 Å². The first-order valence-corrected chi connectivity index (χ1v) is 11.3. The van der Waals surface area contributed by atoms with Gasteiger partial charge in [-0.15, -0.1) is 10.2 Å². The molecule has 30 heavy (non-hydrogen) atoms. The van der Waals surface area contributed by atoms with E-state index in [0.717, 1.165) is 16.5 Å². The Balaban J connectivity index is 1.33. The summed E-state index contributed by atoms with van der Waals surface area (Å²) in [7, 11) is 0. The average molecular weight is 441 g/mol. The summed E-state index contributed by atoms with van der Waals surface area (Å²) in [6.45, 7) is 0.605. The summed E-state index contributed by atoms with van der Waals surface area (Å²) < 4.78 is 6.17. The number of aromatic nitrogens is 2. The highest BCUT2D eigenvalue weighted by Gasteiger charge is 2.23. The van der Waals surface area contributed by atoms with Gasteiger partial charge in [0.05, 0.1) is 0 Å². The van der Waals surface area contributed by atoms with Crippen LogP contribution in [0.1, 0.15) is 28.8 Å². The van der Waals surface area contributed by atoms with Crippen molar-refractivity contribution in [2.75, 3.05) is 17.2 Å². The molecule has 1 aliphatic rings. The molecule has 154 valence electrons. The summed E-state index contributed by atoms with van der Waals surface area (Å²) in [5.41, 5.74) is 2.18. The third-order valence-corrected chi connectivity index (χ3v) is 6.49. The average Bonchev–Trinajstić information content (AvgIpc) is 3.46. The molecule has 0 unspecified atom stereocenters. The number of carbonyl (C=O) groups is 2. The van der Waals surface area contributed by atoms with Gasteiger partial charge in [-0.2, -0.15) is 0 Å². The number of carbonyl (C=O) groups excluding carboxylic acids is 2. The summed E-state index contributed by atoms with van der Waals surface area (Å²) >= 11 is 2.90. The zero-order chi connectivity index (χ0) is 20.8. The lowest BCUT2D eigenvalue weighted by Crippen LogP contribution is -2.27. The number of nitrogens with one attached hydrogen (secondary N) is 2. The summed E-state index contributed by atoms with van der Waals surface area (Å²) in [6, 6.07) is 16.9. The Morgan fingerprint density at radius 3 is 2.77 bits per heavy atom. The molecule has 2 aromatic carbocycles. The van der Waals surface area contributed by atoms with Crippen molar-refractivity contribution in [3.8, 4) is 0 Å². The van der Waals surface area contributed by atoms with Crippen LogP contribution in [0.25, 0.3) is 0 Å². The minimum atomic E-state index is -0.421. The maximum absolute atomic E-state index is 12.6. The van der Waals surface area contributed by atoms with E-state index in [1.807, 2.05) is 18.2 Å². The van der Waals surface area contributed by atoms with Gasteiger partial charge in [0.15, 0.2) is 4.34 Å². The first kappa shape index (κ1) is 20.5. The van der Waals surface area contributed by atoms with Crippen LogP contribution in [-0.2, 0) is 15.3 Å². The molecule has 0 spiro atoms. The van der Waals surface area contributed by atoms with Crippen LogP contribution >= 0.6 is 23.1 Å². The fourth-order valence-electron chi connectivity index (χ4n) is 2.95. The van der Waals surface area contributed by atoms with Crippen molar-refractivity contribution in [3.05, 3.63) is 65.7 Å². The third kappa shape index (κ3) is 5.44. The number of rotatable bonds is 7. The first-order valence-electron chi connectivity index (χ1n) is 9.51. The van der Waals surface area contributed by atoms with Crippen LogP contribution in [0.3, 0.4) is 0 Å². The highest BCUT2D eigenvalue weighted by Crippen LogP contribution is 2.28. The van der Waals surface area contributed by atoms with E-state index in [2.05, 4.69) is 33.0 Å². The molecular formula is C21H20N4O3S2. The van der Waals surface area contributed by atoms with Crippen molar-refractivity contribution in [3.63, 3.8) is 0 Å². The monoisotopic (exact) mass is 440 g/mol. The van der Waals surface area contributed by atoms with Crippen LogP contribution in [0.2, 0.25) is 0 Å². The SMILES string of the molecule is O=C(Nc1nnc(SCc2ccccc2)s1)c1cccc(NC(=O)[C@@H]2CCCO2)c1. The van der Waals surface area contributed by atoms with Gasteiger partial charge in [-0.1, -0.05) is 59.5 Å². The Morgan fingerprint density at radius 2 is 1.97 bits per heavy atom. The van der Waals surface area contributed by atoms with Crippen LogP contribution in [0.4, 0.5) is 10.8 Å². The van der Waals surface area contributed by atoms with Crippen LogP contribution < -0.4 is 10.6 Å². The molecule has 1 saturated heterocycles. The number of hydrogen-bond acceptors (Lipinski definition) is 7. The number of benzene rings is 2. The predicted octanol–water partition coefficient (Wildman–Crippen LogP) is 4.20. The van der Waals surface area contributed by atoms with E-state index in [1.165, 1.54) is 16.9 Å². The molecule has 2 N–H and O–H groups in total. The Bertz CT molecular complexity index is 1020. The second-order valence-corrected chi connectivity index (χ2v) is 8.87. The molecule has 0 saturated carbocycles. The van der Waals surface area contributed by atoms with E-state index in [4.69, 9.17) is 4.74 Å². The van der Waals surface area contributed by atoms with Crippen LogP contribution in [0.15, 0.2) is 58.9 Å². The van der Waals surface area contributed by atoms with Crippen molar-refractivity contribution < 1.29 is 14.3 Å². The molecule has 1 aliphatic heterocycles. The van der Waals surface area contributed by atoms with E-state index < -0.39 is 6.10 Å². The van der Waals surface area contributed by atoms with E-state index in [0.29, 0.717) is 29.4 Å². The Morgan fingerprint density at radius 1 is 1.10 bits per heavy atom. The van der Waals surface area contributed by atoms with E-state index in [9.17, 15) is 9.59 Å². The molecule has 3 aromatic rings. The highest BCUT2D eigenvalue weighted by molar-refractivity contribution is 8.00. The highest BCUT2D eigenvalue weighted by atomic mass is 32.2. The van der Waals surface area contributed by atoms with Gasteiger partial charge in [-0.3, -0.25) is 14.9 Å². The van der Waals surface area contributed by atoms with Crippen LogP contribution in [0, 0.1) is 0 Å². The zero-order valence-corrected chi connectivity index (χ0v) is 17.7. The lowest BCUT2D eigenvalue weighted by Gasteiger charge is -2.11. The molecule has 0 aliphatic carbocycles. The molecular weight excluding hydrogens is 420 g/mol.